The van der Waals surface area contributed by atoms with E-state index >= 15 is 0 Å². The van der Waals surface area contributed by atoms with Gasteiger partial charge in [-0.2, -0.15) is 8.42 Å². The molecule has 154 valence electrons. The highest BCUT2D eigenvalue weighted by molar-refractivity contribution is 7.85. The quantitative estimate of drug-likeness (QED) is 0.163. The highest BCUT2D eigenvalue weighted by Gasteiger charge is 2.02. The Morgan fingerprint density at radius 3 is 1.16 bits per heavy atom. The van der Waals surface area contributed by atoms with Crippen LogP contribution in [-0.2, 0) is 10.1 Å². The molecule has 1 atom stereocenters. The van der Waals surface area contributed by atoms with Crippen LogP contribution in [0.1, 0.15) is 117 Å². The fraction of sp³-hybridized carbons (Fsp3) is 1.00. The van der Waals surface area contributed by atoms with Gasteiger partial charge in [0.1, 0.15) is 0 Å². The molecule has 25 heavy (non-hydrogen) atoms. The Labute approximate surface area is 161 Å². The van der Waals surface area contributed by atoms with Gasteiger partial charge in [-0.1, -0.05) is 110 Å². The van der Waals surface area contributed by atoms with E-state index < -0.39 is 10.1 Å². The van der Waals surface area contributed by atoms with Gasteiger partial charge in [-0.15, -0.1) is 9.24 Å². The fourth-order valence-corrected chi connectivity index (χ4v) is 3.66. The minimum atomic E-state index is -3.74. The highest BCUT2D eigenvalue weighted by Crippen LogP contribution is 2.13. The van der Waals surface area contributed by atoms with Crippen LogP contribution in [0.2, 0.25) is 0 Å². The molecular formula is C20H45O3PS. The molecule has 0 aromatic rings. The third-order valence-electron chi connectivity index (χ3n) is 4.31. The average Bonchev–Trinajstić information content (AvgIpc) is 2.55. The van der Waals surface area contributed by atoms with Gasteiger partial charge in [0, 0.05) is 0 Å². The topological polar surface area (TPSA) is 54.4 Å². The van der Waals surface area contributed by atoms with Gasteiger partial charge < -0.3 is 0 Å². The second-order valence-corrected chi connectivity index (χ2v) is 9.17. The third kappa shape index (κ3) is 32.5. The van der Waals surface area contributed by atoms with Crippen LogP contribution in [0.3, 0.4) is 0 Å². The number of rotatable bonds is 17. The Kier molecular flexibility index (Phi) is 24.7. The molecule has 0 rings (SSSR count). The summed E-state index contributed by atoms with van der Waals surface area (Å²) < 4.78 is 29.6. The van der Waals surface area contributed by atoms with Crippen molar-refractivity contribution in [1.29, 1.82) is 0 Å². The standard InChI is InChI=1S/C16H34O3S.C4H11P/c1-2-3-4-5-6-7-8-9-10-11-12-13-14-15-16-20(17,18)19;1-2-3-4-5/h2-16H2,1H3,(H,17,18,19);2-5H2,1H3. The summed E-state index contributed by atoms with van der Waals surface area (Å²) in [4.78, 5) is 0. The molecule has 5 heteroatoms. The number of hydrogen-bond acceptors (Lipinski definition) is 2. The lowest BCUT2D eigenvalue weighted by atomic mass is 10.0. The average molecular weight is 397 g/mol. The Hall–Kier alpha value is 0.340. The number of unbranched alkanes of at least 4 members (excludes halogenated alkanes) is 14. The molecule has 0 aliphatic rings. The van der Waals surface area contributed by atoms with E-state index in [2.05, 4.69) is 23.1 Å². The molecule has 0 aliphatic carbocycles. The monoisotopic (exact) mass is 396 g/mol. The van der Waals surface area contributed by atoms with Crippen molar-refractivity contribution in [2.45, 2.75) is 117 Å². The van der Waals surface area contributed by atoms with E-state index in [-0.39, 0.29) is 5.75 Å². The summed E-state index contributed by atoms with van der Waals surface area (Å²) >= 11 is 0. The normalized spacial score (nSPS) is 11.2. The zero-order valence-electron chi connectivity index (χ0n) is 17.0. The number of hydrogen-bond donors (Lipinski definition) is 1. The largest absolute Gasteiger partial charge is 0.286 e. The van der Waals surface area contributed by atoms with E-state index in [0.29, 0.717) is 6.42 Å². The van der Waals surface area contributed by atoms with E-state index in [1.165, 1.54) is 89.6 Å². The van der Waals surface area contributed by atoms with Crippen LogP contribution in [0.15, 0.2) is 0 Å². The van der Waals surface area contributed by atoms with Crippen LogP contribution in [0.5, 0.6) is 0 Å². The molecule has 0 spiro atoms. The van der Waals surface area contributed by atoms with Gasteiger partial charge in [0.25, 0.3) is 10.1 Å². The lowest BCUT2D eigenvalue weighted by molar-refractivity contribution is 0.478. The molecule has 3 nitrogen and oxygen atoms in total. The summed E-state index contributed by atoms with van der Waals surface area (Å²) in [5.74, 6) is -0.0783. The first kappa shape index (κ1) is 27.6. The maximum absolute atomic E-state index is 10.5. The molecule has 0 fully saturated rings. The highest BCUT2D eigenvalue weighted by atomic mass is 32.2. The predicted molar refractivity (Wildman–Crippen MR) is 116 cm³/mol. The molecule has 0 aliphatic heterocycles. The van der Waals surface area contributed by atoms with E-state index in [4.69, 9.17) is 4.55 Å². The van der Waals surface area contributed by atoms with Crippen molar-refractivity contribution < 1.29 is 13.0 Å². The van der Waals surface area contributed by atoms with Crippen molar-refractivity contribution >= 4 is 19.4 Å². The first-order valence-corrected chi connectivity index (χ1v) is 13.1. The van der Waals surface area contributed by atoms with Gasteiger partial charge in [-0.3, -0.25) is 4.55 Å². The molecule has 0 saturated carbocycles. The van der Waals surface area contributed by atoms with Crippen LogP contribution in [0.4, 0.5) is 0 Å². The molecule has 1 N–H and O–H groups in total. The predicted octanol–water partition coefficient (Wildman–Crippen LogP) is 7.02. The summed E-state index contributed by atoms with van der Waals surface area (Å²) in [7, 11) is -1.04. The van der Waals surface area contributed by atoms with Crippen LogP contribution < -0.4 is 0 Å². The van der Waals surface area contributed by atoms with E-state index in [1.807, 2.05) is 0 Å². The molecule has 0 aromatic carbocycles. The van der Waals surface area contributed by atoms with Crippen molar-refractivity contribution in [2.24, 2.45) is 0 Å². The maximum Gasteiger partial charge on any atom is 0.264 e. The third-order valence-corrected chi connectivity index (χ3v) is 5.53. The van der Waals surface area contributed by atoms with Crippen LogP contribution in [0.25, 0.3) is 0 Å². The minimum absolute atomic E-state index is 0.0783. The van der Waals surface area contributed by atoms with Gasteiger partial charge >= 0.3 is 0 Å². The maximum atomic E-state index is 10.5. The zero-order valence-corrected chi connectivity index (χ0v) is 18.9. The van der Waals surface area contributed by atoms with Gasteiger partial charge in [0.2, 0.25) is 0 Å². The molecule has 1 unspecified atom stereocenters. The molecule has 0 heterocycles. The Bertz CT molecular complexity index is 330. The Balaban J connectivity index is 0. The van der Waals surface area contributed by atoms with E-state index in [0.717, 1.165) is 12.8 Å². The molecule has 0 radical (unpaired) electrons. The fourth-order valence-electron chi connectivity index (χ4n) is 2.68. The van der Waals surface area contributed by atoms with Crippen LogP contribution >= 0.6 is 9.24 Å². The van der Waals surface area contributed by atoms with Gasteiger partial charge in [0.15, 0.2) is 0 Å². The van der Waals surface area contributed by atoms with Crippen molar-refractivity contribution in [3.05, 3.63) is 0 Å². The van der Waals surface area contributed by atoms with Gasteiger partial charge in [0.05, 0.1) is 5.75 Å². The van der Waals surface area contributed by atoms with Crippen LogP contribution in [-0.4, -0.2) is 24.9 Å². The van der Waals surface area contributed by atoms with Crippen LogP contribution in [0, 0.1) is 0 Å². The molecule has 0 saturated heterocycles. The lowest BCUT2D eigenvalue weighted by Crippen LogP contribution is -2.03. The van der Waals surface area contributed by atoms with E-state index in [1.54, 1.807) is 0 Å². The van der Waals surface area contributed by atoms with Gasteiger partial charge in [-0.25, -0.2) is 0 Å². The second kappa shape index (κ2) is 22.4. The van der Waals surface area contributed by atoms with Gasteiger partial charge in [-0.05, 0) is 12.6 Å². The summed E-state index contributed by atoms with van der Waals surface area (Å²) in [6.07, 6.45) is 21.3. The SMILES string of the molecule is CCCCCCCCCCCCCCCCS(=O)(=O)O.CCCCP. The summed E-state index contributed by atoms with van der Waals surface area (Å²) in [5, 5.41) is 0. The molecule has 0 aromatic heterocycles. The first-order chi connectivity index (χ1) is 12.0. The Morgan fingerprint density at radius 1 is 0.600 bits per heavy atom. The zero-order chi connectivity index (χ0) is 19.2. The smallest absolute Gasteiger partial charge is 0.264 e. The molecule has 0 amide bonds. The van der Waals surface area contributed by atoms with E-state index in [9.17, 15) is 8.42 Å². The first-order valence-electron chi connectivity index (χ1n) is 10.6. The summed E-state index contributed by atoms with van der Waals surface area (Å²) in [6, 6.07) is 0. The van der Waals surface area contributed by atoms with Crippen molar-refractivity contribution in [2.75, 3.05) is 11.9 Å². The van der Waals surface area contributed by atoms with Crippen molar-refractivity contribution in [1.82, 2.24) is 0 Å². The summed E-state index contributed by atoms with van der Waals surface area (Å²) in [6.45, 7) is 4.45. The minimum Gasteiger partial charge on any atom is -0.286 e. The summed E-state index contributed by atoms with van der Waals surface area (Å²) in [5.41, 5.74) is 0. The lowest BCUT2D eigenvalue weighted by Gasteiger charge is -2.03. The molecule has 0 bridgehead atoms. The molecular weight excluding hydrogens is 351 g/mol. The van der Waals surface area contributed by atoms with Crippen molar-refractivity contribution in [3.63, 3.8) is 0 Å². The second-order valence-electron chi connectivity index (χ2n) is 7.02. The van der Waals surface area contributed by atoms with Crippen molar-refractivity contribution in [3.8, 4) is 0 Å². The Morgan fingerprint density at radius 2 is 0.920 bits per heavy atom.